The lowest BCUT2D eigenvalue weighted by atomic mass is 9.72. The van der Waals surface area contributed by atoms with Crippen molar-refractivity contribution in [1.82, 2.24) is 0 Å². The average Bonchev–Trinajstić information content (AvgIpc) is 2.82. The Balaban J connectivity index is 1.48. The van der Waals surface area contributed by atoms with Crippen LogP contribution >= 0.6 is 0 Å². The number of carbonyl (C=O) groups excluding carboxylic acids is 1. The minimum absolute atomic E-state index is 0.0391. The smallest absolute Gasteiger partial charge is 0.338 e. The van der Waals surface area contributed by atoms with Crippen LogP contribution in [0.1, 0.15) is 80.6 Å². The number of hydrogen-bond donors (Lipinski definition) is 0. The van der Waals surface area contributed by atoms with Crippen molar-refractivity contribution in [3.63, 3.8) is 0 Å². The van der Waals surface area contributed by atoms with E-state index in [0.29, 0.717) is 24.9 Å². The lowest BCUT2D eigenvalue weighted by Crippen LogP contribution is -2.31. The first-order valence-corrected chi connectivity index (χ1v) is 12.4. The first kappa shape index (κ1) is 24.6. The average molecular weight is 441 g/mol. The highest BCUT2D eigenvalue weighted by molar-refractivity contribution is 5.91. The Labute approximate surface area is 194 Å². The summed E-state index contributed by atoms with van der Waals surface area (Å²) in [5.74, 6) is 2.15. The van der Waals surface area contributed by atoms with Crippen LogP contribution in [0.2, 0.25) is 0 Å². The zero-order chi connectivity index (χ0) is 22.8. The summed E-state index contributed by atoms with van der Waals surface area (Å²) in [5, 5.41) is 0. The predicted molar refractivity (Wildman–Crippen MR) is 129 cm³/mol. The van der Waals surface area contributed by atoms with Gasteiger partial charge in [-0.05, 0) is 93.4 Å². The fraction of sp³-hybridized carbons (Fsp3) is 0.607. The van der Waals surface area contributed by atoms with E-state index in [1.807, 2.05) is 24.3 Å². The molecule has 0 spiro atoms. The molecule has 0 heterocycles. The summed E-state index contributed by atoms with van der Waals surface area (Å²) >= 11 is 0. The molecule has 32 heavy (non-hydrogen) atoms. The minimum Gasteiger partial charge on any atom is -0.490 e. The van der Waals surface area contributed by atoms with E-state index in [9.17, 15) is 4.79 Å². The fourth-order valence-electron chi connectivity index (χ4n) is 5.31. The van der Waals surface area contributed by atoms with Crippen molar-refractivity contribution < 1.29 is 19.0 Å². The molecule has 2 aliphatic carbocycles. The second kappa shape index (κ2) is 12.8. The molecule has 2 saturated carbocycles. The molecule has 1 aromatic carbocycles. The van der Waals surface area contributed by atoms with Crippen LogP contribution in [0.4, 0.5) is 0 Å². The van der Waals surface area contributed by atoms with Crippen LogP contribution in [-0.2, 0) is 15.9 Å². The molecule has 2 fully saturated rings. The fourth-order valence-corrected chi connectivity index (χ4v) is 5.31. The summed E-state index contributed by atoms with van der Waals surface area (Å²) in [7, 11) is 0. The van der Waals surface area contributed by atoms with Crippen molar-refractivity contribution in [2.45, 2.75) is 83.3 Å². The van der Waals surface area contributed by atoms with Gasteiger partial charge in [-0.15, -0.1) is 6.58 Å². The summed E-state index contributed by atoms with van der Waals surface area (Å²) in [6.07, 6.45) is 15.0. The third kappa shape index (κ3) is 6.96. The summed E-state index contributed by atoms with van der Waals surface area (Å²) < 4.78 is 17.4. The number of ether oxygens (including phenoxy) is 3. The summed E-state index contributed by atoms with van der Waals surface area (Å²) in [4.78, 5) is 12.9. The molecule has 0 atom stereocenters. The Bertz CT molecular complexity index is 740. The van der Waals surface area contributed by atoms with Gasteiger partial charge in [0.25, 0.3) is 0 Å². The van der Waals surface area contributed by atoms with E-state index in [0.717, 1.165) is 61.7 Å². The molecular weight excluding hydrogens is 400 g/mol. The molecule has 0 bridgehead atoms. The highest BCUT2D eigenvalue weighted by atomic mass is 16.5. The standard InChI is InChI=1S/C28H40O4/c1-4-7-23-20-26(31-19-6-3)16-17-27(23)28(29)32-25-14-10-22(11-15-25)21-8-12-24(13-9-21)30-18-5-2/h5-6,16-17,20-22,24-25H,2-4,7-15,18-19H2,1H3. The zero-order valence-corrected chi connectivity index (χ0v) is 19.7. The molecule has 0 saturated heterocycles. The monoisotopic (exact) mass is 440 g/mol. The quantitative estimate of drug-likeness (QED) is 0.284. The van der Waals surface area contributed by atoms with Crippen molar-refractivity contribution >= 4 is 5.97 Å². The summed E-state index contributed by atoms with van der Waals surface area (Å²) in [6.45, 7) is 10.7. The van der Waals surface area contributed by atoms with Crippen molar-refractivity contribution in [2.75, 3.05) is 13.2 Å². The molecule has 0 aliphatic heterocycles. The highest BCUT2D eigenvalue weighted by Gasteiger charge is 2.32. The normalized spacial score (nSPS) is 25.7. The van der Waals surface area contributed by atoms with Crippen LogP contribution in [-0.4, -0.2) is 31.4 Å². The maximum Gasteiger partial charge on any atom is 0.338 e. The molecule has 0 amide bonds. The van der Waals surface area contributed by atoms with E-state index < -0.39 is 0 Å². The number of hydrogen-bond acceptors (Lipinski definition) is 4. The number of benzene rings is 1. The van der Waals surface area contributed by atoms with Crippen LogP contribution < -0.4 is 4.74 Å². The largest absolute Gasteiger partial charge is 0.490 e. The Morgan fingerprint density at radius 2 is 1.56 bits per heavy atom. The molecule has 176 valence electrons. The molecule has 2 aliphatic rings. The molecule has 3 rings (SSSR count). The van der Waals surface area contributed by atoms with Crippen molar-refractivity contribution in [3.8, 4) is 5.75 Å². The molecule has 0 aromatic heterocycles. The molecule has 1 aromatic rings. The zero-order valence-electron chi connectivity index (χ0n) is 19.7. The third-order valence-corrected chi connectivity index (χ3v) is 7.01. The van der Waals surface area contributed by atoms with E-state index in [1.165, 1.54) is 25.7 Å². The number of carbonyl (C=O) groups is 1. The van der Waals surface area contributed by atoms with E-state index >= 15 is 0 Å². The van der Waals surface area contributed by atoms with Crippen LogP contribution in [0, 0.1) is 11.8 Å². The van der Waals surface area contributed by atoms with Crippen LogP contribution in [0.25, 0.3) is 0 Å². The van der Waals surface area contributed by atoms with Gasteiger partial charge in [-0.2, -0.15) is 0 Å². The number of esters is 1. The topological polar surface area (TPSA) is 44.8 Å². The second-order valence-corrected chi connectivity index (χ2v) is 9.27. The lowest BCUT2D eigenvalue weighted by molar-refractivity contribution is 0.000826. The van der Waals surface area contributed by atoms with Gasteiger partial charge in [-0.1, -0.05) is 32.1 Å². The van der Waals surface area contributed by atoms with Crippen LogP contribution in [0.15, 0.2) is 43.5 Å². The molecule has 0 unspecified atom stereocenters. The molecular formula is C28H40O4. The van der Waals surface area contributed by atoms with Crippen molar-refractivity contribution in [1.29, 1.82) is 0 Å². The lowest BCUT2D eigenvalue weighted by Gasteiger charge is -2.37. The maximum absolute atomic E-state index is 12.9. The van der Waals surface area contributed by atoms with E-state index in [-0.39, 0.29) is 12.1 Å². The van der Waals surface area contributed by atoms with Gasteiger partial charge in [0.05, 0.1) is 18.3 Å². The molecule has 4 nitrogen and oxygen atoms in total. The van der Waals surface area contributed by atoms with Gasteiger partial charge in [0, 0.05) is 0 Å². The van der Waals surface area contributed by atoms with Gasteiger partial charge >= 0.3 is 5.97 Å². The summed E-state index contributed by atoms with van der Waals surface area (Å²) in [5.41, 5.74) is 1.68. The third-order valence-electron chi connectivity index (χ3n) is 7.01. The Hall–Kier alpha value is -2.07. The number of aryl methyl sites for hydroxylation is 1. The Morgan fingerprint density at radius 3 is 2.16 bits per heavy atom. The first-order valence-electron chi connectivity index (χ1n) is 12.4. The summed E-state index contributed by atoms with van der Waals surface area (Å²) in [6, 6.07) is 5.67. The van der Waals surface area contributed by atoms with Gasteiger partial charge in [-0.25, -0.2) is 4.79 Å². The van der Waals surface area contributed by atoms with Crippen LogP contribution in [0.3, 0.4) is 0 Å². The second-order valence-electron chi connectivity index (χ2n) is 9.27. The minimum atomic E-state index is -0.188. The van der Waals surface area contributed by atoms with E-state index in [4.69, 9.17) is 14.2 Å². The maximum atomic E-state index is 12.9. The predicted octanol–water partition coefficient (Wildman–Crippen LogP) is 6.68. The van der Waals surface area contributed by atoms with E-state index in [1.54, 1.807) is 6.08 Å². The highest BCUT2D eigenvalue weighted by Crippen LogP contribution is 2.39. The SMILES string of the molecule is C=CCOc1ccc(C(=O)OC2CCC(C3CCC(OCC=C)CC3)CC2)c(CCC)c1. The molecule has 4 heteroatoms. The van der Waals surface area contributed by atoms with Crippen molar-refractivity contribution in [3.05, 3.63) is 54.6 Å². The Morgan fingerprint density at radius 1 is 0.938 bits per heavy atom. The van der Waals surface area contributed by atoms with Gasteiger partial charge in [0.15, 0.2) is 0 Å². The molecule has 0 N–H and O–H groups in total. The van der Waals surface area contributed by atoms with Gasteiger partial charge in [0.1, 0.15) is 18.5 Å². The first-order chi connectivity index (χ1) is 15.6. The van der Waals surface area contributed by atoms with Crippen molar-refractivity contribution in [2.24, 2.45) is 11.8 Å². The van der Waals surface area contributed by atoms with Gasteiger partial charge in [-0.3, -0.25) is 0 Å². The van der Waals surface area contributed by atoms with Crippen LogP contribution in [0.5, 0.6) is 5.75 Å². The number of rotatable bonds is 11. The Kier molecular flexibility index (Phi) is 9.86. The molecule has 0 radical (unpaired) electrons. The van der Waals surface area contributed by atoms with Gasteiger partial charge < -0.3 is 14.2 Å². The van der Waals surface area contributed by atoms with Gasteiger partial charge in [0.2, 0.25) is 0 Å². The van der Waals surface area contributed by atoms with E-state index in [2.05, 4.69) is 20.1 Å².